The maximum absolute atomic E-state index is 11.8. The molecule has 3 rings (SSSR count). The zero-order valence-electron chi connectivity index (χ0n) is 10.6. The minimum absolute atomic E-state index is 0.0628. The molecule has 6 heteroatoms. The van der Waals surface area contributed by atoms with Crippen LogP contribution in [0.1, 0.15) is 6.42 Å². The highest BCUT2D eigenvalue weighted by Crippen LogP contribution is 2.10. The molecule has 0 radical (unpaired) electrons. The summed E-state index contributed by atoms with van der Waals surface area (Å²) in [6.45, 7) is 2.36. The number of nitrogens with one attached hydrogen (secondary N) is 1. The van der Waals surface area contributed by atoms with Crippen LogP contribution in [0, 0.1) is 5.92 Å². The number of ether oxygens (including phenoxy) is 1. The first-order valence-electron chi connectivity index (χ1n) is 6.45. The minimum atomic E-state index is -0.0628. The van der Waals surface area contributed by atoms with E-state index < -0.39 is 0 Å². The van der Waals surface area contributed by atoms with Crippen LogP contribution in [0.4, 0.5) is 0 Å². The molecular formula is C13H16N4O2. The number of nitrogens with zero attached hydrogens (tertiary/aromatic N) is 3. The van der Waals surface area contributed by atoms with E-state index in [1.807, 2.05) is 24.3 Å². The molecule has 1 saturated heterocycles. The molecule has 1 aromatic carbocycles. The highest BCUT2D eigenvalue weighted by Gasteiger charge is 2.16. The second-order valence-corrected chi connectivity index (χ2v) is 4.75. The zero-order valence-corrected chi connectivity index (χ0v) is 10.6. The Hall–Kier alpha value is -1.95. The highest BCUT2D eigenvalue weighted by molar-refractivity contribution is 5.77. The van der Waals surface area contributed by atoms with Crippen molar-refractivity contribution in [2.75, 3.05) is 19.8 Å². The summed E-state index contributed by atoms with van der Waals surface area (Å²) in [6.07, 6.45) is 1.02. The van der Waals surface area contributed by atoms with Gasteiger partial charge in [0.1, 0.15) is 17.6 Å². The van der Waals surface area contributed by atoms with E-state index in [0.717, 1.165) is 30.7 Å². The molecule has 1 amide bonds. The number of carbonyl (C=O) groups excluding carboxylic acids is 1. The van der Waals surface area contributed by atoms with Gasteiger partial charge in [0.25, 0.3) is 0 Å². The maximum Gasteiger partial charge on any atom is 0.243 e. The van der Waals surface area contributed by atoms with Gasteiger partial charge in [-0.2, -0.15) is 15.0 Å². The Bertz CT molecular complexity index is 542. The first kappa shape index (κ1) is 12.1. The predicted molar refractivity (Wildman–Crippen MR) is 69.5 cm³/mol. The molecule has 19 heavy (non-hydrogen) atoms. The molecule has 1 aliphatic rings. The first-order valence-corrected chi connectivity index (χ1v) is 6.45. The van der Waals surface area contributed by atoms with Crippen molar-refractivity contribution in [3.8, 4) is 0 Å². The average Bonchev–Trinajstić information content (AvgIpc) is 3.04. The molecule has 0 unspecified atom stereocenters. The minimum Gasteiger partial charge on any atom is -0.381 e. The molecule has 0 aliphatic carbocycles. The third-order valence-electron chi connectivity index (χ3n) is 3.22. The van der Waals surface area contributed by atoms with Crippen molar-refractivity contribution in [1.29, 1.82) is 0 Å². The lowest BCUT2D eigenvalue weighted by molar-refractivity contribution is -0.122. The molecule has 0 spiro atoms. The largest absolute Gasteiger partial charge is 0.381 e. The van der Waals surface area contributed by atoms with Crippen molar-refractivity contribution in [2.45, 2.75) is 13.0 Å². The predicted octanol–water partition coefficient (Wildman–Crippen LogP) is 0.584. The van der Waals surface area contributed by atoms with E-state index in [1.165, 1.54) is 4.80 Å². The Kier molecular flexibility index (Phi) is 3.41. The van der Waals surface area contributed by atoms with Gasteiger partial charge >= 0.3 is 0 Å². The first-order chi connectivity index (χ1) is 9.31. The van der Waals surface area contributed by atoms with Gasteiger partial charge in [0.2, 0.25) is 5.91 Å². The van der Waals surface area contributed by atoms with Crippen LogP contribution >= 0.6 is 0 Å². The molecule has 0 saturated carbocycles. The van der Waals surface area contributed by atoms with Gasteiger partial charge in [-0.25, -0.2) is 0 Å². The van der Waals surface area contributed by atoms with Crippen molar-refractivity contribution in [1.82, 2.24) is 20.3 Å². The molecule has 1 N–H and O–H groups in total. The molecule has 0 bridgehead atoms. The Morgan fingerprint density at radius 2 is 2.11 bits per heavy atom. The van der Waals surface area contributed by atoms with Crippen molar-refractivity contribution in [2.24, 2.45) is 5.92 Å². The monoisotopic (exact) mass is 260 g/mol. The third kappa shape index (κ3) is 2.90. The van der Waals surface area contributed by atoms with Gasteiger partial charge < -0.3 is 10.1 Å². The lowest BCUT2D eigenvalue weighted by Gasteiger charge is -2.08. The molecule has 1 aliphatic heterocycles. The number of hydrogen-bond acceptors (Lipinski definition) is 4. The number of rotatable bonds is 4. The van der Waals surface area contributed by atoms with Gasteiger partial charge in [-0.1, -0.05) is 12.1 Å². The van der Waals surface area contributed by atoms with Crippen LogP contribution in [0.2, 0.25) is 0 Å². The number of aromatic nitrogens is 3. The van der Waals surface area contributed by atoms with E-state index in [9.17, 15) is 4.79 Å². The average molecular weight is 260 g/mol. The van der Waals surface area contributed by atoms with Gasteiger partial charge in [0.15, 0.2) is 0 Å². The number of hydrogen-bond donors (Lipinski definition) is 1. The normalized spacial score (nSPS) is 18.8. The summed E-state index contributed by atoms with van der Waals surface area (Å²) in [7, 11) is 0. The molecule has 1 aromatic heterocycles. The molecular weight excluding hydrogens is 244 g/mol. The summed E-state index contributed by atoms with van der Waals surface area (Å²) in [5.74, 6) is 0.376. The molecule has 2 heterocycles. The van der Waals surface area contributed by atoms with Gasteiger partial charge in [-0.15, -0.1) is 0 Å². The fourth-order valence-corrected chi connectivity index (χ4v) is 2.16. The van der Waals surface area contributed by atoms with Crippen LogP contribution in [0.15, 0.2) is 24.3 Å². The van der Waals surface area contributed by atoms with Crippen LogP contribution in [-0.4, -0.2) is 40.7 Å². The molecule has 100 valence electrons. The van der Waals surface area contributed by atoms with Crippen molar-refractivity contribution >= 4 is 16.9 Å². The SMILES string of the molecule is O=C(Cn1nc2ccccc2n1)NC[C@H]1CCOC1. The molecule has 2 aromatic rings. The van der Waals surface area contributed by atoms with Crippen molar-refractivity contribution < 1.29 is 9.53 Å². The second-order valence-electron chi connectivity index (χ2n) is 4.75. The molecule has 6 nitrogen and oxygen atoms in total. The van der Waals surface area contributed by atoms with Crippen molar-refractivity contribution in [3.05, 3.63) is 24.3 Å². The Morgan fingerprint density at radius 1 is 1.37 bits per heavy atom. The summed E-state index contributed by atoms with van der Waals surface area (Å²) in [5, 5.41) is 11.4. The third-order valence-corrected chi connectivity index (χ3v) is 3.22. The summed E-state index contributed by atoms with van der Waals surface area (Å²) in [5.41, 5.74) is 1.61. The summed E-state index contributed by atoms with van der Waals surface area (Å²) < 4.78 is 5.27. The van der Waals surface area contributed by atoms with Gasteiger partial charge in [-0.05, 0) is 18.6 Å². The van der Waals surface area contributed by atoms with Crippen LogP contribution in [-0.2, 0) is 16.1 Å². The standard InChI is InChI=1S/C13H16N4O2/c18-13(14-7-10-5-6-19-9-10)8-17-15-11-3-1-2-4-12(11)16-17/h1-4,10H,5-9H2,(H,14,18)/t10-/m1/s1. The van der Waals surface area contributed by atoms with E-state index in [-0.39, 0.29) is 12.5 Å². The van der Waals surface area contributed by atoms with E-state index in [2.05, 4.69) is 15.5 Å². The van der Waals surface area contributed by atoms with E-state index in [4.69, 9.17) is 4.74 Å². The van der Waals surface area contributed by atoms with Crippen LogP contribution < -0.4 is 5.32 Å². The lowest BCUT2D eigenvalue weighted by Crippen LogP contribution is -2.32. The van der Waals surface area contributed by atoms with Gasteiger partial charge in [0.05, 0.1) is 6.61 Å². The highest BCUT2D eigenvalue weighted by atomic mass is 16.5. The molecule has 1 atom stereocenters. The maximum atomic E-state index is 11.8. The van der Waals surface area contributed by atoms with Crippen LogP contribution in [0.5, 0.6) is 0 Å². The fourth-order valence-electron chi connectivity index (χ4n) is 2.16. The summed E-state index contributed by atoms with van der Waals surface area (Å²) >= 11 is 0. The smallest absolute Gasteiger partial charge is 0.243 e. The van der Waals surface area contributed by atoms with E-state index in [0.29, 0.717) is 12.5 Å². The van der Waals surface area contributed by atoms with E-state index >= 15 is 0 Å². The Labute approximate surface area is 110 Å². The van der Waals surface area contributed by atoms with Crippen molar-refractivity contribution in [3.63, 3.8) is 0 Å². The summed E-state index contributed by atoms with van der Waals surface area (Å²) in [4.78, 5) is 13.2. The quantitative estimate of drug-likeness (QED) is 0.873. The van der Waals surface area contributed by atoms with Gasteiger partial charge in [-0.3, -0.25) is 4.79 Å². The van der Waals surface area contributed by atoms with Gasteiger partial charge in [0, 0.05) is 19.1 Å². The van der Waals surface area contributed by atoms with Crippen LogP contribution in [0.25, 0.3) is 11.0 Å². The second kappa shape index (κ2) is 5.36. The molecule has 1 fully saturated rings. The Morgan fingerprint density at radius 3 is 2.74 bits per heavy atom. The Balaban J connectivity index is 1.56. The topological polar surface area (TPSA) is 69.0 Å². The fraction of sp³-hybridized carbons (Fsp3) is 0.462. The van der Waals surface area contributed by atoms with Crippen LogP contribution in [0.3, 0.4) is 0 Å². The zero-order chi connectivity index (χ0) is 13.1. The van der Waals surface area contributed by atoms with E-state index in [1.54, 1.807) is 0 Å². The number of fused-ring (bicyclic) bond motifs is 1. The lowest BCUT2D eigenvalue weighted by atomic mass is 10.1. The number of benzene rings is 1. The number of carbonyl (C=O) groups is 1. The summed E-state index contributed by atoms with van der Waals surface area (Å²) in [6, 6.07) is 7.57. The number of amides is 1.